The number of ether oxygens (including phenoxy) is 1. The minimum atomic E-state index is -0.313. The molecule has 0 aliphatic heterocycles. The SMILES string of the molecule is C/C=C(\CC)OC(C)(C)c1nccs1.CC. The van der Waals surface area contributed by atoms with Crippen molar-refractivity contribution in [3.63, 3.8) is 0 Å². The van der Waals surface area contributed by atoms with Gasteiger partial charge in [-0.25, -0.2) is 4.98 Å². The van der Waals surface area contributed by atoms with Gasteiger partial charge in [-0.2, -0.15) is 0 Å². The van der Waals surface area contributed by atoms with E-state index in [2.05, 4.69) is 11.9 Å². The van der Waals surface area contributed by atoms with Gasteiger partial charge < -0.3 is 4.74 Å². The van der Waals surface area contributed by atoms with E-state index in [4.69, 9.17) is 4.74 Å². The summed E-state index contributed by atoms with van der Waals surface area (Å²) in [6.45, 7) is 12.2. The number of allylic oxidation sites excluding steroid dienone is 2. The van der Waals surface area contributed by atoms with Gasteiger partial charge >= 0.3 is 0 Å². The third-order valence-corrected chi connectivity index (χ3v) is 3.08. The van der Waals surface area contributed by atoms with Crippen LogP contribution >= 0.6 is 11.3 Å². The maximum atomic E-state index is 5.89. The molecule has 1 rings (SSSR count). The Balaban J connectivity index is 0.00000106. The molecule has 0 unspecified atom stereocenters. The van der Waals surface area contributed by atoms with E-state index in [1.165, 1.54) is 0 Å². The third-order valence-electron chi connectivity index (χ3n) is 2.00. The first-order valence-electron chi connectivity index (χ1n) is 5.84. The number of rotatable bonds is 4. The lowest BCUT2D eigenvalue weighted by Gasteiger charge is -2.25. The summed E-state index contributed by atoms with van der Waals surface area (Å²) in [6, 6.07) is 0. The van der Waals surface area contributed by atoms with Crippen LogP contribution in [0.2, 0.25) is 0 Å². The topological polar surface area (TPSA) is 22.1 Å². The lowest BCUT2D eigenvalue weighted by Crippen LogP contribution is -2.20. The summed E-state index contributed by atoms with van der Waals surface area (Å²) >= 11 is 1.63. The highest BCUT2D eigenvalue weighted by molar-refractivity contribution is 7.09. The Morgan fingerprint density at radius 1 is 1.50 bits per heavy atom. The Kier molecular flexibility index (Phi) is 7.06. The second-order valence-corrected chi connectivity index (χ2v) is 4.45. The largest absolute Gasteiger partial charge is 0.485 e. The number of aromatic nitrogens is 1. The second-order valence-electron chi connectivity index (χ2n) is 3.56. The van der Waals surface area contributed by atoms with Crippen molar-refractivity contribution in [2.45, 2.75) is 53.6 Å². The molecule has 1 aromatic rings. The Morgan fingerprint density at radius 3 is 2.50 bits per heavy atom. The highest BCUT2D eigenvalue weighted by atomic mass is 32.1. The average Bonchev–Trinajstić information content (AvgIpc) is 2.83. The van der Waals surface area contributed by atoms with Crippen LogP contribution in [-0.2, 0) is 10.3 Å². The highest BCUT2D eigenvalue weighted by Gasteiger charge is 2.25. The third kappa shape index (κ3) is 4.35. The first kappa shape index (κ1) is 15.2. The van der Waals surface area contributed by atoms with Crippen LogP contribution in [0.15, 0.2) is 23.4 Å². The standard InChI is InChI=1S/C11H17NOS.C2H6/c1-5-9(6-2)13-11(3,4)10-12-7-8-14-10;1-2/h5,7-8H,6H2,1-4H3;1-2H3/b9-5+;. The molecule has 16 heavy (non-hydrogen) atoms. The molecule has 1 heterocycles. The van der Waals surface area contributed by atoms with E-state index >= 15 is 0 Å². The van der Waals surface area contributed by atoms with Crippen LogP contribution in [0.3, 0.4) is 0 Å². The van der Waals surface area contributed by atoms with Crippen molar-refractivity contribution >= 4 is 11.3 Å². The van der Waals surface area contributed by atoms with Crippen LogP contribution in [-0.4, -0.2) is 4.98 Å². The molecular formula is C13H23NOS. The number of hydrogen-bond donors (Lipinski definition) is 0. The van der Waals surface area contributed by atoms with Gasteiger partial charge in [-0.1, -0.05) is 20.8 Å². The molecule has 0 aliphatic carbocycles. The van der Waals surface area contributed by atoms with Gasteiger partial charge in [0.25, 0.3) is 0 Å². The minimum Gasteiger partial charge on any atom is -0.485 e. The summed E-state index contributed by atoms with van der Waals surface area (Å²) in [5.41, 5.74) is -0.313. The Morgan fingerprint density at radius 2 is 2.12 bits per heavy atom. The van der Waals surface area contributed by atoms with Gasteiger partial charge in [-0.15, -0.1) is 11.3 Å². The molecule has 0 fully saturated rings. The van der Waals surface area contributed by atoms with Crippen LogP contribution in [0.4, 0.5) is 0 Å². The number of thiazole rings is 1. The molecule has 0 radical (unpaired) electrons. The smallest absolute Gasteiger partial charge is 0.154 e. The Hall–Kier alpha value is -0.830. The molecule has 0 atom stereocenters. The molecule has 0 N–H and O–H groups in total. The molecule has 92 valence electrons. The van der Waals surface area contributed by atoms with Gasteiger partial charge in [-0.3, -0.25) is 0 Å². The molecule has 0 aromatic carbocycles. The second kappa shape index (κ2) is 7.44. The first-order valence-corrected chi connectivity index (χ1v) is 6.72. The van der Waals surface area contributed by atoms with Crippen molar-refractivity contribution in [3.8, 4) is 0 Å². The summed E-state index contributed by atoms with van der Waals surface area (Å²) in [5.74, 6) is 1.02. The van der Waals surface area contributed by atoms with E-state index in [1.54, 1.807) is 11.3 Å². The van der Waals surface area contributed by atoms with Gasteiger partial charge in [0.2, 0.25) is 0 Å². The fraction of sp³-hybridized carbons (Fsp3) is 0.615. The summed E-state index contributed by atoms with van der Waals surface area (Å²) in [6.07, 6.45) is 4.74. The van der Waals surface area contributed by atoms with Crippen molar-refractivity contribution in [2.75, 3.05) is 0 Å². The minimum absolute atomic E-state index is 0.313. The summed E-state index contributed by atoms with van der Waals surface area (Å²) in [5, 5.41) is 2.99. The molecule has 0 aliphatic rings. The van der Waals surface area contributed by atoms with Gasteiger partial charge in [0.05, 0.1) is 5.76 Å². The van der Waals surface area contributed by atoms with Crippen molar-refractivity contribution in [2.24, 2.45) is 0 Å². The Labute approximate surface area is 103 Å². The van der Waals surface area contributed by atoms with Crippen LogP contribution < -0.4 is 0 Å². The predicted molar refractivity (Wildman–Crippen MR) is 71.6 cm³/mol. The van der Waals surface area contributed by atoms with Gasteiger partial charge in [-0.05, 0) is 26.8 Å². The molecule has 0 bridgehead atoms. The van der Waals surface area contributed by atoms with Gasteiger partial charge in [0.15, 0.2) is 5.60 Å². The van der Waals surface area contributed by atoms with Gasteiger partial charge in [0, 0.05) is 18.0 Å². The fourth-order valence-corrected chi connectivity index (χ4v) is 1.93. The molecule has 0 amide bonds. The van der Waals surface area contributed by atoms with Crippen LogP contribution in [0.1, 0.15) is 53.0 Å². The molecular weight excluding hydrogens is 218 g/mol. The summed E-state index contributed by atoms with van der Waals surface area (Å²) in [7, 11) is 0. The molecule has 3 heteroatoms. The lowest BCUT2D eigenvalue weighted by molar-refractivity contribution is 0.0272. The zero-order valence-electron chi connectivity index (χ0n) is 11.2. The summed E-state index contributed by atoms with van der Waals surface area (Å²) in [4.78, 5) is 4.28. The monoisotopic (exact) mass is 241 g/mol. The first-order chi connectivity index (χ1) is 7.60. The van der Waals surface area contributed by atoms with E-state index in [1.807, 2.05) is 52.3 Å². The summed E-state index contributed by atoms with van der Waals surface area (Å²) < 4.78 is 5.89. The number of nitrogens with zero attached hydrogens (tertiary/aromatic N) is 1. The molecule has 2 nitrogen and oxygen atoms in total. The van der Waals surface area contributed by atoms with Crippen molar-refractivity contribution in [3.05, 3.63) is 28.4 Å². The van der Waals surface area contributed by atoms with E-state index in [9.17, 15) is 0 Å². The fourth-order valence-electron chi connectivity index (χ4n) is 1.23. The van der Waals surface area contributed by atoms with Crippen molar-refractivity contribution < 1.29 is 4.74 Å². The van der Waals surface area contributed by atoms with Crippen LogP contribution in [0, 0.1) is 0 Å². The van der Waals surface area contributed by atoms with E-state index in [0.717, 1.165) is 17.2 Å². The predicted octanol–water partition coefficient (Wildman–Crippen LogP) is 4.73. The van der Waals surface area contributed by atoms with Gasteiger partial charge in [0.1, 0.15) is 5.01 Å². The van der Waals surface area contributed by atoms with E-state index in [0.29, 0.717) is 0 Å². The molecule has 0 saturated carbocycles. The average molecular weight is 241 g/mol. The molecule has 1 aromatic heterocycles. The van der Waals surface area contributed by atoms with Crippen molar-refractivity contribution in [1.82, 2.24) is 4.98 Å². The van der Waals surface area contributed by atoms with E-state index in [-0.39, 0.29) is 5.60 Å². The maximum Gasteiger partial charge on any atom is 0.154 e. The van der Waals surface area contributed by atoms with E-state index < -0.39 is 0 Å². The molecule has 0 spiro atoms. The molecule has 0 saturated heterocycles. The zero-order valence-corrected chi connectivity index (χ0v) is 12.0. The van der Waals surface area contributed by atoms with Crippen LogP contribution in [0.5, 0.6) is 0 Å². The van der Waals surface area contributed by atoms with Crippen LogP contribution in [0.25, 0.3) is 0 Å². The van der Waals surface area contributed by atoms with Crippen molar-refractivity contribution in [1.29, 1.82) is 0 Å². The Bertz CT molecular complexity index is 302. The number of hydrogen-bond acceptors (Lipinski definition) is 3. The maximum absolute atomic E-state index is 5.89. The lowest BCUT2D eigenvalue weighted by atomic mass is 10.1. The quantitative estimate of drug-likeness (QED) is 0.711. The normalized spacial score (nSPS) is 11.8. The highest BCUT2D eigenvalue weighted by Crippen LogP contribution is 2.29. The zero-order chi connectivity index (χ0) is 12.6.